The van der Waals surface area contributed by atoms with Gasteiger partial charge in [-0.1, -0.05) is 30.8 Å². The van der Waals surface area contributed by atoms with Crippen molar-refractivity contribution in [3.8, 4) is 22.6 Å². The maximum absolute atomic E-state index is 12.5. The van der Waals surface area contributed by atoms with Crippen LogP contribution >= 0.6 is 0 Å². The first-order chi connectivity index (χ1) is 15.5. The SMILES string of the molecule is C=CC(=O)N(CCn1cc(-c2ccc(OC)c(O)c2)c2c(N)ncnc21)c1ccccc1. The monoisotopic (exact) mass is 429 g/mol. The number of para-hydroxylation sites is 1. The molecule has 4 rings (SSSR count). The molecule has 1 amide bonds. The molecule has 0 spiro atoms. The van der Waals surface area contributed by atoms with E-state index >= 15 is 0 Å². The Bertz CT molecular complexity index is 1280. The molecule has 0 radical (unpaired) electrons. The number of ether oxygens (including phenoxy) is 1. The molecule has 0 aliphatic rings. The van der Waals surface area contributed by atoms with E-state index in [1.165, 1.54) is 19.5 Å². The second-order valence-corrected chi connectivity index (χ2v) is 7.11. The smallest absolute Gasteiger partial charge is 0.250 e. The molecule has 0 atom stereocenters. The highest BCUT2D eigenvalue weighted by Crippen LogP contribution is 2.37. The third kappa shape index (κ3) is 3.85. The lowest BCUT2D eigenvalue weighted by atomic mass is 10.1. The molecule has 32 heavy (non-hydrogen) atoms. The maximum Gasteiger partial charge on any atom is 0.250 e. The number of nitrogens with two attached hydrogens (primary N) is 1. The number of aromatic nitrogens is 3. The summed E-state index contributed by atoms with van der Waals surface area (Å²) in [6.07, 6.45) is 4.61. The van der Waals surface area contributed by atoms with Crippen LogP contribution in [0.5, 0.6) is 11.5 Å². The zero-order valence-corrected chi connectivity index (χ0v) is 17.6. The summed E-state index contributed by atoms with van der Waals surface area (Å²) in [6.45, 7) is 4.48. The van der Waals surface area contributed by atoms with Crippen LogP contribution < -0.4 is 15.4 Å². The van der Waals surface area contributed by atoms with Crippen LogP contribution in [-0.2, 0) is 11.3 Å². The Morgan fingerprint density at radius 3 is 2.72 bits per heavy atom. The van der Waals surface area contributed by atoms with Crippen molar-refractivity contribution < 1.29 is 14.6 Å². The minimum Gasteiger partial charge on any atom is -0.504 e. The van der Waals surface area contributed by atoms with Gasteiger partial charge in [-0.3, -0.25) is 4.79 Å². The Hall–Kier alpha value is -4.33. The Morgan fingerprint density at radius 1 is 1.25 bits per heavy atom. The van der Waals surface area contributed by atoms with Crippen LogP contribution in [0.25, 0.3) is 22.2 Å². The molecule has 2 aromatic heterocycles. The summed E-state index contributed by atoms with van der Waals surface area (Å²) in [5.74, 6) is 0.541. The number of carbonyl (C=O) groups excluding carboxylic acids is 1. The number of aromatic hydroxyl groups is 1. The number of rotatable bonds is 7. The predicted octanol–water partition coefficient (Wildman–Crippen LogP) is 3.61. The number of fused-ring (bicyclic) bond motifs is 1. The van der Waals surface area contributed by atoms with Crippen LogP contribution in [0, 0.1) is 0 Å². The Balaban J connectivity index is 1.74. The molecule has 0 bridgehead atoms. The molecule has 8 heteroatoms. The lowest BCUT2D eigenvalue weighted by Crippen LogP contribution is -2.32. The summed E-state index contributed by atoms with van der Waals surface area (Å²) < 4.78 is 7.07. The second-order valence-electron chi connectivity index (χ2n) is 7.11. The molecule has 3 N–H and O–H groups in total. The Kier molecular flexibility index (Phi) is 5.76. The molecule has 0 aliphatic heterocycles. The fourth-order valence-corrected chi connectivity index (χ4v) is 3.69. The first-order valence-corrected chi connectivity index (χ1v) is 9.99. The van der Waals surface area contributed by atoms with Gasteiger partial charge in [-0.05, 0) is 35.9 Å². The van der Waals surface area contributed by atoms with Crippen molar-refractivity contribution in [3.63, 3.8) is 0 Å². The minimum atomic E-state index is -0.192. The van der Waals surface area contributed by atoms with E-state index in [4.69, 9.17) is 10.5 Å². The van der Waals surface area contributed by atoms with Gasteiger partial charge >= 0.3 is 0 Å². The number of anilines is 2. The summed E-state index contributed by atoms with van der Waals surface area (Å²) in [6, 6.07) is 14.5. The highest BCUT2D eigenvalue weighted by atomic mass is 16.5. The zero-order valence-electron chi connectivity index (χ0n) is 17.6. The van der Waals surface area contributed by atoms with Gasteiger partial charge in [-0.25, -0.2) is 9.97 Å². The van der Waals surface area contributed by atoms with Crippen LogP contribution in [0.15, 0.2) is 73.7 Å². The number of hydrogen-bond donors (Lipinski definition) is 2. The highest BCUT2D eigenvalue weighted by molar-refractivity contribution is 6.02. The molecule has 162 valence electrons. The lowest BCUT2D eigenvalue weighted by Gasteiger charge is -2.21. The number of nitrogen functional groups attached to an aromatic ring is 1. The van der Waals surface area contributed by atoms with Gasteiger partial charge in [0.2, 0.25) is 5.91 Å². The van der Waals surface area contributed by atoms with Crippen LogP contribution in [-0.4, -0.2) is 39.2 Å². The molecule has 2 heterocycles. The number of benzene rings is 2. The van der Waals surface area contributed by atoms with E-state index < -0.39 is 0 Å². The summed E-state index contributed by atoms with van der Waals surface area (Å²) >= 11 is 0. The number of phenols is 1. The van der Waals surface area contributed by atoms with Crippen LogP contribution in [0.2, 0.25) is 0 Å². The van der Waals surface area contributed by atoms with Gasteiger partial charge in [0.15, 0.2) is 11.5 Å². The van der Waals surface area contributed by atoms with E-state index in [2.05, 4.69) is 16.5 Å². The zero-order chi connectivity index (χ0) is 22.7. The molecule has 0 fully saturated rings. The van der Waals surface area contributed by atoms with Crippen molar-refractivity contribution in [2.75, 3.05) is 24.3 Å². The number of hydrogen-bond acceptors (Lipinski definition) is 6. The number of amides is 1. The number of methoxy groups -OCH3 is 1. The summed E-state index contributed by atoms with van der Waals surface area (Å²) in [5.41, 5.74) is 9.13. The summed E-state index contributed by atoms with van der Waals surface area (Å²) in [5, 5.41) is 10.9. The van der Waals surface area contributed by atoms with E-state index in [1.54, 1.807) is 17.0 Å². The molecule has 0 unspecified atom stereocenters. The molecule has 0 aliphatic carbocycles. The van der Waals surface area contributed by atoms with Gasteiger partial charge in [-0.2, -0.15) is 0 Å². The standard InChI is InChI=1S/C24H23N5O3/c1-3-21(31)29(17-7-5-4-6-8-17)12-11-28-14-18(22-23(25)26-15-27-24(22)28)16-9-10-20(32-2)19(30)13-16/h3-10,13-15,30H,1,11-12H2,2H3,(H2,25,26,27). The molecule has 8 nitrogen and oxygen atoms in total. The van der Waals surface area contributed by atoms with Crippen molar-refractivity contribution in [1.82, 2.24) is 14.5 Å². The summed E-state index contributed by atoms with van der Waals surface area (Å²) in [7, 11) is 1.50. The number of nitrogens with zero attached hydrogens (tertiary/aromatic N) is 4. The van der Waals surface area contributed by atoms with E-state index in [0.29, 0.717) is 35.7 Å². The average Bonchev–Trinajstić information content (AvgIpc) is 3.19. The van der Waals surface area contributed by atoms with E-state index in [9.17, 15) is 9.90 Å². The average molecular weight is 429 g/mol. The predicted molar refractivity (Wildman–Crippen MR) is 125 cm³/mol. The van der Waals surface area contributed by atoms with Gasteiger partial charge < -0.3 is 25.0 Å². The minimum absolute atomic E-state index is 0.0214. The fourth-order valence-electron chi connectivity index (χ4n) is 3.69. The van der Waals surface area contributed by atoms with Crippen LogP contribution in [0.1, 0.15) is 0 Å². The normalized spacial score (nSPS) is 10.8. The third-order valence-corrected chi connectivity index (χ3v) is 5.25. The van der Waals surface area contributed by atoms with Crippen molar-refractivity contribution >= 4 is 28.4 Å². The van der Waals surface area contributed by atoms with Crippen molar-refractivity contribution in [2.24, 2.45) is 0 Å². The first-order valence-electron chi connectivity index (χ1n) is 9.99. The molecule has 0 saturated carbocycles. The Labute approximate surface area is 185 Å². The van der Waals surface area contributed by atoms with Crippen molar-refractivity contribution in [2.45, 2.75) is 6.54 Å². The van der Waals surface area contributed by atoms with Crippen LogP contribution in [0.3, 0.4) is 0 Å². The molecule has 4 aromatic rings. The summed E-state index contributed by atoms with van der Waals surface area (Å²) in [4.78, 5) is 22.7. The topological polar surface area (TPSA) is 106 Å². The van der Waals surface area contributed by atoms with Gasteiger partial charge in [0.1, 0.15) is 17.8 Å². The van der Waals surface area contributed by atoms with E-state index in [-0.39, 0.29) is 11.7 Å². The molecular weight excluding hydrogens is 406 g/mol. The first kappa shape index (κ1) is 20.9. The molecular formula is C24H23N5O3. The molecule has 0 saturated heterocycles. The third-order valence-electron chi connectivity index (χ3n) is 5.25. The highest BCUT2D eigenvalue weighted by Gasteiger charge is 2.18. The van der Waals surface area contributed by atoms with Gasteiger partial charge in [0.05, 0.1) is 12.5 Å². The number of carbonyl (C=O) groups is 1. The quantitative estimate of drug-likeness (QED) is 0.435. The van der Waals surface area contributed by atoms with E-state index in [0.717, 1.165) is 16.8 Å². The maximum atomic E-state index is 12.5. The van der Waals surface area contributed by atoms with Crippen molar-refractivity contribution in [1.29, 1.82) is 0 Å². The van der Waals surface area contributed by atoms with Gasteiger partial charge in [0.25, 0.3) is 0 Å². The lowest BCUT2D eigenvalue weighted by molar-refractivity contribution is -0.114. The largest absolute Gasteiger partial charge is 0.504 e. The second kappa shape index (κ2) is 8.81. The van der Waals surface area contributed by atoms with Gasteiger partial charge in [-0.15, -0.1) is 0 Å². The van der Waals surface area contributed by atoms with Gasteiger partial charge in [0, 0.05) is 30.5 Å². The number of phenolic OH excluding ortho intramolecular Hbond substituents is 1. The fraction of sp³-hybridized carbons (Fsp3) is 0.125. The molecule has 2 aromatic carbocycles. The Morgan fingerprint density at radius 2 is 2.03 bits per heavy atom. The van der Waals surface area contributed by atoms with Crippen LogP contribution in [0.4, 0.5) is 11.5 Å². The van der Waals surface area contributed by atoms with Crippen molar-refractivity contribution in [3.05, 3.63) is 73.7 Å². The van der Waals surface area contributed by atoms with E-state index in [1.807, 2.05) is 47.2 Å².